The summed E-state index contributed by atoms with van der Waals surface area (Å²) in [4.78, 5) is 16.2. The second-order valence-electron chi connectivity index (χ2n) is 7.37. The Morgan fingerprint density at radius 1 is 0.848 bits per heavy atom. The van der Waals surface area contributed by atoms with Crippen molar-refractivity contribution in [3.63, 3.8) is 0 Å². The number of pyridine rings is 1. The zero-order valence-corrected chi connectivity index (χ0v) is 18.6. The molecule has 7 nitrogen and oxygen atoms in total. The molecule has 8 heteroatoms. The first-order valence-electron chi connectivity index (χ1n) is 10.4. The van der Waals surface area contributed by atoms with E-state index in [4.69, 9.17) is 4.74 Å². The number of fused-ring (bicyclic) bond motifs is 1. The minimum absolute atomic E-state index is 0.128. The van der Waals surface area contributed by atoms with Gasteiger partial charge in [-0.25, -0.2) is 13.2 Å². The smallest absolute Gasteiger partial charge is 0.407 e. The molecule has 1 amide bonds. The minimum Gasteiger partial charge on any atom is -0.445 e. The Kier molecular flexibility index (Phi) is 6.85. The van der Waals surface area contributed by atoms with Crippen molar-refractivity contribution in [2.75, 3.05) is 11.3 Å². The van der Waals surface area contributed by atoms with Crippen molar-refractivity contribution in [3.05, 3.63) is 102 Å². The SMILES string of the molecule is O=C(NCCc1ccc(NS(=O)(=O)c2cccc3cccnc23)cc1)OCc1ccccc1. The first-order valence-corrected chi connectivity index (χ1v) is 11.9. The quantitative estimate of drug-likeness (QED) is 0.403. The van der Waals surface area contributed by atoms with E-state index in [9.17, 15) is 13.2 Å². The number of nitrogens with zero attached hydrogens (tertiary/aromatic N) is 1. The number of rotatable bonds is 8. The third kappa shape index (κ3) is 5.87. The van der Waals surface area contributed by atoms with Gasteiger partial charge in [-0.15, -0.1) is 0 Å². The van der Waals surface area contributed by atoms with E-state index >= 15 is 0 Å². The zero-order chi connectivity index (χ0) is 23.1. The van der Waals surface area contributed by atoms with Crippen molar-refractivity contribution in [2.45, 2.75) is 17.9 Å². The van der Waals surface area contributed by atoms with Gasteiger partial charge in [0.25, 0.3) is 10.0 Å². The van der Waals surface area contributed by atoms with Crippen LogP contribution in [0, 0.1) is 0 Å². The second kappa shape index (κ2) is 10.1. The summed E-state index contributed by atoms with van der Waals surface area (Å²) in [6.45, 7) is 0.619. The van der Waals surface area contributed by atoms with Gasteiger partial charge in [-0.05, 0) is 41.8 Å². The standard InChI is InChI=1S/C25H23N3O4S/c29-25(32-18-20-6-2-1-3-7-20)27-17-15-19-11-13-22(14-12-19)28-33(30,31)23-10-4-8-21-9-5-16-26-24(21)23/h1-14,16,28H,15,17-18H2,(H,27,29). The molecule has 4 rings (SSSR count). The van der Waals surface area contributed by atoms with E-state index in [0.717, 1.165) is 16.5 Å². The maximum Gasteiger partial charge on any atom is 0.407 e. The lowest BCUT2D eigenvalue weighted by Gasteiger charge is -2.11. The highest BCUT2D eigenvalue weighted by Gasteiger charge is 2.18. The van der Waals surface area contributed by atoms with Crippen LogP contribution < -0.4 is 10.0 Å². The highest BCUT2D eigenvalue weighted by Crippen LogP contribution is 2.23. The molecule has 0 radical (unpaired) electrons. The number of benzene rings is 3. The molecular formula is C25H23N3O4S. The molecule has 1 heterocycles. The fourth-order valence-electron chi connectivity index (χ4n) is 3.33. The van der Waals surface area contributed by atoms with Crippen LogP contribution in [-0.2, 0) is 27.8 Å². The molecule has 0 fully saturated rings. The Morgan fingerprint density at radius 3 is 2.39 bits per heavy atom. The molecule has 1 aromatic heterocycles. The summed E-state index contributed by atoms with van der Waals surface area (Å²) >= 11 is 0. The summed E-state index contributed by atoms with van der Waals surface area (Å²) in [6.07, 6.45) is 1.68. The monoisotopic (exact) mass is 461 g/mol. The van der Waals surface area contributed by atoms with E-state index in [2.05, 4.69) is 15.0 Å². The van der Waals surface area contributed by atoms with E-state index in [1.54, 1.807) is 30.5 Å². The van der Waals surface area contributed by atoms with Gasteiger partial charge in [-0.2, -0.15) is 0 Å². The Balaban J connectivity index is 1.30. The first kappa shape index (κ1) is 22.3. The van der Waals surface area contributed by atoms with Crippen molar-refractivity contribution >= 4 is 32.7 Å². The molecule has 0 aliphatic heterocycles. The third-order valence-electron chi connectivity index (χ3n) is 4.99. The summed E-state index contributed by atoms with van der Waals surface area (Å²) in [5.74, 6) is 0. The molecule has 0 unspecified atom stereocenters. The summed E-state index contributed by atoms with van der Waals surface area (Å²) in [5.41, 5.74) is 2.74. The van der Waals surface area contributed by atoms with Gasteiger partial charge in [0, 0.05) is 23.8 Å². The number of hydrogen-bond acceptors (Lipinski definition) is 5. The Morgan fingerprint density at radius 2 is 1.61 bits per heavy atom. The topological polar surface area (TPSA) is 97.4 Å². The van der Waals surface area contributed by atoms with Crippen molar-refractivity contribution in [2.24, 2.45) is 0 Å². The fraction of sp³-hybridized carbons (Fsp3) is 0.120. The number of carbonyl (C=O) groups is 1. The Hall–Kier alpha value is -3.91. The number of sulfonamides is 1. The maximum absolute atomic E-state index is 12.9. The molecule has 3 aromatic carbocycles. The minimum atomic E-state index is -3.80. The molecule has 33 heavy (non-hydrogen) atoms. The zero-order valence-electron chi connectivity index (χ0n) is 17.8. The number of carbonyl (C=O) groups excluding carboxylic acids is 1. The van der Waals surface area contributed by atoms with E-state index < -0.39 is 16.1 Å². The number of anilines is 1. The van der Waals surface area contributed by atoms with Crippen LogP contribution in [-0.4, -0.2) is 26.0 Å². The van der Waals surface area contributed by atoms with E-state index in [0.29, 0.717) is 24.2 Å². The van der Waals surface area contributed by atoms with Crippen LogP contribution in [0.15, 0.2) is 96.0 Å². The lowest BCUT2D eigenvalue weighted by atomic mass is 10.1. The van der Waals surface area contributed by atoms with Crippen LogP contribution in [0.3, 0.4) is 0 Å². The maximum atomic E-state index is 12.9. The molecule has 0 spiro atoms. The number of alkyl carbamates (subject to hydrolysis) is 1. The van der Waals surface area contributed by atoms with Crippen LogP contribution in [0.2, 0.25) is 0 Å². The molecule has 4 aromatic rings. The van der Waals surface area contributed by atoms with Crippen LogP contribution in [0.1, 0.15) is 11.1 Å². The molecule has 168 valence electrons. The third-order valence-corrected chi connectivity index (χ3v) is 6.40. The van der Waals surface area contributed by atoms with Gasteiger partial charge in [0.2, 0.25) is 0 Å². The summed E-state index contributed by atoms with van der Waals surface area (Å²) in [7, 11) is -3.80. The van der Waals surface area contributed by atoms with Crippen molar-refractivity contribution < 1.29 is 17.9 Å². The lowest BCUT2D eigenvalue weighted by Crippen LogP contribution is -2.26. The highest BCUT2D eigenvalue weighted by atomic mass is 32.2. The molecular weight excluding hydrogens is 438 g/mol. The molecule has 0 saturated heterocycles. The van der Waals surface area contributed by atoms with Gasteiger partial charge in [-0.3, -0.25) is 9.71 Å². The van der Waals surface area contributed by atoms with Crippen molar-refractivity contribution in [3.8, 4) is 0 Å². The van der Waals surface area contributed by atoms with E-state index in [1.807, 2.05) is 54.6 Å². The van der Waals surface area contributed by atoms with Crippen LogP contribution >= 0.6 is 0 Å². The molecule has 0 aliphatic rings. The summed E-state index contributed by atoms with van der Waals surface area (Å²) in [5, 5.41) is 3.47. The van der Waals surface area contributed by atoms with Gasteiger partial charge >= 0.3 is 6.09 Å². The second-order valence-corrected chi connectivity index (χ2v) is 9.02. The predicted octanol–water partition coefficient (Wildman–Crippen LogP) is 4.50. The average molecular weight is 462 g/mol. The number of para-hydroxylation sites is 1. The highest BCUT2D eigenvalue weighted by molar-refractivity contribution is 7.93. The van der Waals surface area contributed by atoms with Gasteiger partial charge in [-0.1, -0.05) is 60.7 Å². The van der Waals surface area contributed by atoms with Crippen LogP contribution in [0.4, 0.5) is 10.5 Å². The van der Waals surface area contributed by atoms with Crippen molar-refractivity contribution in [1.82, 2.24) is 10.3 Å². The summed E-state index contributed by atoms with van der Waals surface area (Å²) < 4.78 is 33.6. The molecule has 0 aliphatic carbocycles. The van der Waals surface area contributed by atoms with Crippen molar-refractivity contribution in [1.29, 1.82) is 0 Å². The molecule has 2 N–H and O–H groups in total. The lowest BCUT2D eigenvalue weighted by molar-refractivity contribution is 0.140. The van der Waals surface area contributed by atoms with Gasteiger partial charge in [0.1, 0.15) is 11.5 Å². The normalized spacial score (nSPS) is 11.2. The van der Waals surface area contributed by atoms with E-state index in [1.165, 1.54) is 6.07 Å². The number of ether oxygens (including phenoxy) is 1. The van der Waals surface area contributed by atoms with Gasteiger partial charge in [0.05, 0.1) is 5.52 Å². The number of hydrogen-bond donors (Lipinski definition) is 2. The Labute approximate surface area is 192 Å². The van der Waals surface area contributed by atoms with E-state index in [-0.39, 0.29) is 11.5 Å². The first-order chi connectivity index (χ1) is 16.0. The fourth-order valence-corrected chi connectivity index (χ4v) is 4.56. The van der Waals surface area contributed by atoms with Gasteiger partial charge in [0.15, 0.2) is 0 Å². The number of nitrogens with one attached hydrogen (secondary N) is 2. The molecule has 0 bridgehead atoms. The molecule has 0 atom stereocenters. The average Bonchev–Trinajstić information content (AvgIpc) is 2.84. The largest absolute Gasteiger partial charge is 0.445 e. The van der Waals surface area contributed by atoms with Crippen LogP contribution in [0.25, 0.3) is 10.9 Å². The number of aromatic nitrogens is 1. The summed E-state index contributed by atoms with van der Waals surface area (Å²) in [6, 6.07) is 25.1. The van der Waals surface area contributed by atoms with Gasteiger partial charge < -0.3 is 10.1 Å². The predicted molar refractivity (Wildman–Crippen MR) is 127 cm³/mol. The van der Waals surface area contributed by atoms with Crippen LogP contribution in [0.5, 0.6) is 0 Å². The number of amides is 1. The molecule has 0 saturated carbocycles. The Bertz CT molecular complexity index is 1340.